The Labute approximate surface area is 173 Å². The fourth-order valence-electron chi connectivity index (χ4n) is 2.68. The van der Waals surface area contributed by atoms with E-state index in [0.29, 0.717) is 10.8 Å². The molecule has 5 N–H and O–H groups in total. The molecule has 0 unspecified atom stereocenters. The Morgan fingerprint density at radius 1 is 0.516 bits per heavy atom. The predicted molar refractivity (Wildman–Crippen MR) is 105 cm³/mol. The van der Waals surface area contributed by atoms with Gasteiger partial charge in [0, 0.05) is 0 Å². The van der Waals surface area contributed by atoms with Crippen LogP contribution in [0.4, 0.5) is 0 Å². The lowest BCUT2D eigenvalue weighted by molar-refractivity contribution is 0.0653. The quantitative estimate of drug-likeness (QED) is 0.406. The first-order valence-corrected chi connectivity index (χ1v) is 8.36. The molecule has 0 atom stereocenters. The maximum absolute atomic E-state index is 11.1. The molecule has 0 radical (unpaired) electrons. The second kappa shape index (κ2) is 9.18. The van der Waals surface area contributed by atoms with Crippen LogP contribution in [0.3, 0.4) is 0 Å². The van der Waals surface area contributed by atoms with Crippen LogP contribution in [0.15, 0.2) is 54.6 Å². The van der Waals surface area contributed by atoms with Gasteiger partial charge < -0.3 is 25.5 Å². The summed E-state index contributed by atoms with van der Waals surface area (Å²) in [6.07, 6.45) is 0. The van der Waals surface area contributed by atoms with E-state index in [1.165, 1.54) is 6.07 Å². The summed E-state index contributed by atoms with van der Waals surface area (Å²) in [5, 5.41) is 44.9. The van der Waals surface area contributed by atoms with Gasteiger partial charge in [-0.2, -0.15) is 0 Å². The van der Waals surface area contributed by atoms with E-state index in [0.717, 1.165) is 18.2 Å². The van der Waals surface area contributed by atoms with Gasteiger partial charge in [-0.3, -0.25) is 0 Å². The van der Waals surface area contributed by atoms with Gasteiger partial charge >= 0.3 is 29.8 Å². The molecule has 31 heavy (non-hydrogen) atoms. The first-order chi connectivity index (χ1) is 14.5. The molecular formula is C21H14O10. The summed E-state index contributed by atoms with van der Waals surface area (Å²) in [7, 11) is 0. The minimum Gasteiger partial charge on any atom is -0.478 e. The van der Waals surface area contributed by atoms with Gasteiger partial charge in [0.25, 0.3) is 0 Å². The molecule has 0 aliphatic carbocycles. The molecule has 10 nitrogen and oxygen atoms in total. The van der Waals surface area contributed by atoms with Crippen LogP contribution in [-0.4, -0.2) is 55.4 Å². The van der Waals surface area contributed by atoms with E-state index < -0.39 is 29.8 Å². The van der Waals surface area contributed by atoms with Crippen LogP contribution in [0.25, 0.3) is 10.8 Å². The van der Waals surface area contributed by atoms with E-state index in [-0.39, 0.29) is 27.8 Å². The molecule has 158 valence electrons. The largest absolute Gasteiger partial charge is 0.478 e. The number of hydrogen-bond donors (Lipinski definition) is 5. The average Bonchev–Trinajstić information content (AvgIpc) is 2.72. The Morgan fingerprint density at radius 2 is 0.968 bits per heavy atom. The summed E-state index contributed by atoms with van der Waals surface area (Å²) < 4.78 is 0. The second-order valence-electron chi connectivity index (χ2n) is 6.03. The summed E-state index contributed by atoms with van der Waals surface area (Å²) in [6.45, 7) is 0. The Kier molecular flexibility index (Phi) is 6.68. The van der Waals surface area contributed by atoms with Gasteiger partial charge in [-0.25, -0.2) is 24.0 Å². The zero-order chi connectivity index (χ0) is 23.3. The normalized spacial score (nSPS) is 9.94. The molecule has 0 fully saturated rings. The number of rotatable bonds is 5. The molecule has 3 rings (SSSR count). The van der Waals surface area contributed by atoms with Crippen LogP contribution < -0.4 is 0 Å². The third kappa shape index (κ3) is 5.21. The number of carbonyl (C=O) groups is 5. The van der Waals surface area contributed by atoms with Crippen molar-refractivity contribution in [3.63, 3.8) is 0 Å². The van der Waals surface area contributed by atoms with Gasteiger partial charge in [0.1, 0.15) is 0 Å². The number of fused-ring (bicyclic) bond motifs is 1. The lowest BCUT2D eigenvalue weighted by atomic mass is 9.99. The van der Waals surface area contributed by atoms with E-state index in [9.17, 15) is 24.0 Å². The van der Waals surface area contributed by atoms with Crippen molar-refractivity contribution in [2.45, 2.75) is 0 Å². The number of hydrogen-bond acceptors (Lipinski definition) is 5. The van der Waals surface area contributed by atoms with Crippen molar-refractivity contribution in [1.29, 1.82) is 0 Å². The zero-order valence-electron chi connectivity index (χ0n) is 15.5. The van der Waals surface area contributed by atoms with E-state index >= 15 is 0 Å². The molecule has 0 saturated carbocycles. The van der Waals surface area contributed by atoms with Crippen molar-refractivity contribution in [2.75, 3.05) is 0 Å². The third-order valence-corrected chi connectivity index (χ3v) is 4.05. The maximum Gasteiger partial charge on any atom is 0.337 e. The SMILES string of the molecule is O=C(O)c1cc(C(=O)O)cc(C(=O)O)c1.O=C(O)c1ccc2ccccc2c1C(=O)O. The van der Waals surface area contributed by atoms with E-state index in [2.05, 4.69) is 0 Å². The molecule has 3 aromatic carbocycles. The van der Waals surface area contributed by atoms with Gasteiger partial charge in [-0.15, -0.1) is 0 Å². The highest BCUT2D eigenvalue weighted by atomic mass is 16.4. The standard InChI is InChI=1S/C12H8O4.C9H6O6/c13-11(14)9-6-5-7-3-1-2-4-8(7)10(9)12(15)16;10-7(11)4-1-5(8(12)13)3-6(2-4)9(14)15/h1-6H,(H,13,14)(H,15,16);1-3H,(H,10,11)(H,12,13)(H,14,15). The summed E-state index contributed by atoms with van der Waals surface area (Å²) >= 11 is 0. The summed E-state index contributed by atoms with van der Waals surface area (Å²) in [5.41, 5.74) is -1.45. The van der Waals surface area contributed by atoms with Gasteiger partial charge in [0.2, 0.25) is 0 Å². The van der Waals surface area contributed by atoms with Crippen LogP contribution in [0.2, 0.25) is 0 Å². The van der Waals surface area contributed by atoms with Crippen molar-refractivity contribution in [3.8, 4) is 0 Å². The van der Waals surface area contributed by atoms with Crippen LogP contribution in [0, 0.1) is 0 Å². The predicted octanol–water partition coefficient (Wildman–Crippen LogP) is 3.02. The van der Waals surface area contributed by atoms with Crippen molar-refractivity contribution >= 4 is 40.6 Å². The van der Waals surface area contributed by atoms with Crippen LogP contribution >= 0.6 is 0 Å². The maximum atomic E-state index is 11.1. The molecule has 0 bridgehead atoms. The summed E-state index contributed by atoms with van der Waals surface area (Å²) in [4.78, 5) is 53.7. The molecular weight excluding hydrogens is 412 g/mol. The summed E-state index contributed by atoms with van der Waals surface area (Å²) in [5.74, 6) is -6.58. The van der Waals surface area contributed by atoms with Crippen LogP contribution in [0.1, 0.15) is 51.8 Å². The Hall–Kier alpha value is -4.73. The Bertz CT molecular complexity index is 1150. The van der Waals surface area contributed by atoms with Crippen LogP contribution in [0.5, 0.6) is 0 Å². The highest BCUT2D eigenvalue weighted by molar-refractivity contribution is 6.11. The highest BCUT2D eigenvalue weighted by Gasteiger charge is 2.18. The van der Waals surface area contributed by atoms with E-state index in [1.807, 2.05) is 0 Å². The lowest BCUT2D eigenvalue weighted by Crippen LogP contribution is -2.08. The second-order valence-corrected chi connectivity index (χ2v) is 6.03. The molecule has 10 heteroatoms. The first kappa shape index (κ1) is 22.6. The Morgan fingerprint density at radius 3 is 1.35 bits per heavy atom. The number of benzene rings is 3. The molecule has 0 heterocycles. The minimum atomic E-state index is -1.37. The van der Waals surface area contributed by atoms with E-state index in [4.69, 9.17) is 25.5 Å². The zero-order valence-corrected chi connectivity index (χ0v) is 15.5. The molecule has 3 aromatic rings. The van der Waals surface area contributed by atoms with Gasteiger partial charge in [-0.05, 0) is 35.0 Å². The minimum absolute atomic E-state index is 0.161. The number of carboxylic acids is 5. The monoisotopic (exact) mass is 426 g/mol. The molecule has 0 spiro atoms. The number of aromatic carboxylic acids is 5. The summed E-state index contributed by atoms with van der Waals surface area (Å²) in [6, 6.07) is 12.4. The van der Waals surface area contributed by atoms with Gasteiger partial charge in [0.05, 0.1) is 27.8 Å². The first-order valence-electron chi connectivity index (χ1n) is 8.36. The smallest absolute Gasteiger partial charge is 0.337 e. The van der Waals surface area contributed by atoms with Crippen molar-refractivity contribution in [2.24, 2.45) is 0 Å². The highest BCUT2D eigenvalue weighted by Crippen LogP contribution is 2.22. The fourth-order valence-corrected chi connectivity index (χ4v) is 2.68. The molecule has 0 aliphatic heterocycles. The van der Waals surface area contributed by atoms with Gasteiger partial charge in [-0.1, -0.05) is 30.3 Å². The fraction of sp³-hybridized carbons (Fsp3) is 0. The average molecular weight is 426 g/mol. The Balaban J connectivity index is 0.000000221. The molecule has 0 amide bonds. The van der Waals surface area contributed by atoms with Crippen molar-refractivity contribution < 1.29 is 49.5 Å². The van der Waals surface area contributed by atoms with E-state index in [1.54, 1.807) is 30.3 Å². The van der Waals surface area contributed by atoms with Crippen LogP contribution in [-0.2, 0) is 0 Å². The molecule has 0 aliphatic rings. The lowest BCUT2D eigenvalue weighted by Gasteiger charge is -2.05. The van der Waals surface area contributed by atoms with Gasteiger partial charge in [0.15, 0.2) is 0 Å². The van der Waals surface area contributed by atoms with Crippen molar-refractivity contribution in [1.82, 2.24) is 0 Å². The number of carboxylic acid groups (broad SMARTS) is 5. The van der Waals surface area contributed by atoms with Crippen molar-refractivity contribution in [3.05, 3.63) is 82.4 Å². The third-order valence-electron chi connectivity index (χ3n) is 4.05. The topological polar surface area (TPSA) is 186 Å². The molecule has 0 saturated heterocycles. The molecule has 0 aromatic heterocycles.